The molecule has 102 valence electrons. The summed E-state index contributed by atoms with van der Waals surface area (Å²) in [5.74, 6) is 0.0204. The fraction of sp³-hybridized carbons (Fsp3) is 0.462. The van der Waals surface area contributed by atoms with Gasteiger partial charge in [-0.15, -0.1) is 11.3 Å². The minimum atomic E-state index is 0.0204. The molecule has 2 aromatic rings. The van der Waals surface area contributed by atoms with Gasteiger partial charge >= 0.3 is 0 Å². The standard InChI is InChI=1S/C13H18N4OS/c1-4-5-14-12(18)7-11-8-19-13(15-11)17-10(3)6-9(2)16-17/h6,8H,4-5,7H2,1-3H3,(H,14,18). The highest BCUT2D eigenvalue weighted by molar-refractivity contribution is 7.12. The smallest absolute Gasteiger partial charge is 0.226 e. The molecule has 6 heteroatoms. The maximum Gasteiger partial charge on any atom is 0.226 e. The van der Waals surface area contributed by atoms with Crippen LogP contribution in [0, 0.1) is 13.8 Å². The lowest BCUT2D eigenvalue weighted by Crippen LogP contribution is -2.25. The van der Waals surface area contributed by atoms with Crippen molar-refractivity contribution in [3.8, 4) is 5.13 Å². The van der Waals surface area contributed by atoms with Gasteiger partial charge in [0.2, 0.25) is 11.0 Å². The highest BCUT2D eigenvalue weighted by Gasteiger charge is 2.10. The molecule has 0 aromatic carbocycles. The molecular weight excluding hydrogens is 260 g/mol. The predicted octanol–water partition coefficient (Wildman–Crippen LogP) is 2.01. The van der Waals surface area contributed by atoms with Crippen LogP contribution in [0.25, 0.3) is 5.13 Å². The molecule has 0 aliphatic rings. The molecule has 0 saturated carbocycles. The van der Waals surface area contributed by atoms with E-state index in [0.29, 0.717) is 13.0 Å². The van der Waals surface area contributed by atoms with Crippen LogP contribution in [0.1, 0.15) is 30.4 Å². The largest absolute Gasteiger partial charge is 0.356 e. The van der Waals surface area contributed by atoms with Crippen LogP contribution in [0.2, 0.25) is 0 Å². The van der Waals surface area contributed by atoms with Crippen molar-refractivity contribution in [1.29, 1.82) is 0 Å². The molecule has 0 spiro atoms. The molecule has 0 aliphatic heterocycles. The zero-order valence-electron chi connectivity index (χ0n) is 11.4. The molecule has 0 atom stereocenters. The number of carbonyl (C=O) groups excluding carboxylic acids is 1. The summed E-state index contributed by atoms with van der Waals surface area (Å²) < 4.78 is 1.81. The summed E-state index contributed by atoms with van der Waals surface area (Å²) in [4.78, 5) is 16.1. The molecule has 2 rings (SSSR count). The van der Waals surface area contributed by atoms with E-state index in [4.69, 9.17) is 0 Å². The highest BCUT2D eigenvalue weighted by Crippen LogP contribution is 2.17. The summed E-state index contributed by atoms with van der Waals surface area (Å²) >= 11 is 1.51. The number of thiazole rings is 1. The van der Waals surface area contributed by atoms with Crippen molar-refractivity contribution in [3.05, 3.63) is 28.5 Å². The Bertz CT molecular complexity index is 573. The van der Waals surface area contributed by atoms with Crippen LogP contribution in [0.15, 0.2) is 11.4 Å². The van der Waals surface area contributed by atoms with E-state index in [1.165, 1.54) is 11.3 Å². The second-order valence-electron chi connectivity index (χ2n) is 4.49. The van der Waals surface area contributed by atoms with E-state index >= 15 is 0 Å². The van der Waals surface area contributed by atoms with Gasteiger partial charge in [0.25, 0.3) is 0 Å². The topological polar surface area (TPSA) is 59.8 Å². The number of hydrogen-bond acceptors (Lipinski definition) is 4. The van der Waals surface area contributed by atoms with Gasteiger partial charge in [0.1, 0.15) is 0 Å². The second kappa shape index (κ2) is 5.97. The molecule has 19 heavy (non-hydrogen) atoms. The maximum absolute atomic E-state index is 11.6. The van der Waals surface area contributed by atoms with Crippen LogP contribution < -0.4 is 5.32 Å². The van der Waals surface area contributed by atoms with Crippen molar-refractivity contribution in [2.75, 3.05) is 6.54 Å². The fourth-order valence-electron chi connectivity index (χ4n) is 1.79. The third-order valence-corrected chi connectivity index (χ3v) is 3.51. The third-order valence-electron chi connectivity index (χ3n) is 2.64. The van der Waals surface area contributed by atoms with Gasteiger partial charge in [-0.25, -0.2) is 9.67 Å². The Morgan fingerprint density at radius 3 is 2.89 bits per heavy atom. The maximum atomic E-state index is 11.6. The van der Waals surface area contributed by atoms with Crippen molar-refractivity contribution >= 4 is 17.2 Å². The Kier molecular flexibility index (Phi) is 4.31. The number of amides is 1. The van der Waals surface area contributed by atoms with Crippen molar-refractivity contribution in [3.63, 3.8) is 0 Å². The summed E-state index contributed by atoms with van der Waals surface area (Å²) in [6.45, 7) is 6.70. The Balaban J connectivity index is 2.07. The Hall–Kier alpha value is -1.69. The average Bonchev–Trinajstić information content (AvgIpc) is 2.93. The van der Waals surface area contributed by atoms with Gasteiger partial charge in [-0.2, -0.15) is 5.10 Å². The minimum Gasteiger partial charge on any atom is -0.356 e. The normalized spacial score (nSPS) is 10.7. The van der Waals surface area contributed by atoms with Crippen molar-refractivity contribution in [2.45, 2.75) is 33.6 Å². The molecule has 1 amide bonds. The lowest BCUT2D eigenvalue weighted by Gasteiger charge is -2.01. The van der Waals surface area contributed by atoms with Gasteiger partial charge < -0.3 is 5.32 Å². The monoisotopic (exact) mass is 278 g/mol. The lowest BCUT2D eigenvalue weighted by molar-refractivity contribution is -0.120. The fourth-order valence-corrected chi connectivity index (χ4v) is 2.62. The number of nitrogens with zero attached hydrogens (tertiary/aromatic N) is 3. The van der Waals surface area contributed by atoms with E-state index in [1.807, 2.05) is 36.9 Å². The van der Waals surface area contributed by atoms with E-state index in [2.05, 4.69) is 15.4 Å². The number of hydrogen-bond donors (Lipinski definition) is 1. The van der Waals surface area contributed by atoms with E-state index in [-0.39, 0.29) is 5.91 Å². The Morgan fingerprint density at radius 2 is 2.26 bits per heavy atom. The average molecular weight is 278 g/mol. The number of aryl methyl sites for hydroxylation is 2. The van der Waals surface area contributed by atoms with Gasteiger partial charge in [0.05, 0.1) is 17.8 Å². The molecule has 0 radical (unpaired) electrons. The summed E-state index contributed by atoms with van der Waals surface area (Å²) in [5.41, 5.74) is 2.81. The highest BCUT2D eigenvalue weighted by atomic mass is 32.1. The van der Waals surface area contributed by atoms with Crippen molar-refractivity contribution in [1.82, 2.24) is 20.1 Å². The first-order chi connectivity index (χ1) is 9.10. The quantitative estimate of drug-likeness (QED) is 0.910. The lowest BCUT2D eigenvalue weighted by atomic mass is 10.3. The molecule has 2 aromatic heterocycles. The van der Waals surface area contributed by atoms with Gasteiger partial charge in [0.15, 0.2) is 0 Å². The summed E-state index contributed by atoms with van der Waals surface area (Å²) in [6.07, 6.45) is 1.27. The Morgan fingerprint density at radius 1 is 1.47 bits per heavy atom. The van der Waals surface area contributed by atoms with Gasteiger partial charge in [0, 0.05) is 17.6 Å². The van der Waals surface area contributed by atoms with E-state index in [1.54, 1.807) is 0 Å². The first kappa shape index (κ1) is 13.7. The number of nitrogens with one attached hydrogen (secondary N) is 1. The predicted molar refractivity (Wildman–Crippen MR) is 75.7 cm³/mol. The van der Waals surface area contributed by atoms with Crippen LogP contribution >= 0.6 is 11.3 Å². The van der Waals surface area contributed by atoms with Crippen molar-refractivity contribution in [2.24, 2.45) is 0 Å². The molecule has 0 aliphatic carbocycles. The zero-order valence-corrected chi connectivity index (χ0v) is 12.3. The molecule has 0 saturated heterocycles. The van der Waals surface area contributed by atoms with E-state index < -0.39 is 0 Å². The Labute approximate surface area is 116 Å². The first-order valence-electron chi connectivity index (χ1n) is 6.35. The van der Waals surface area contributed by atoms with Gasteiger partial charge in [-0.3, -0.25) is 4.79 Å². The summed E-state index contributed by atoms with van der Waals surface area (Å²) in [7, 11) is 0. The van der Waals surface area contributed by atoms with Crippen LogP contribution in [0.4, 0.5) is 0 Å². The van der Waals surface area contributed by atoms with Crippen LogP contribution in [0.5, 0.6) is 0 Å². The molecule has 0 bridgehead atoms. The number of carbonyl (C=O) groups is 1. The van der Waals surface area contributed by atoms with Gasteiger partial charge in [-0.05, 0) is 26.3 Å². The SMILES string of the molecule is CCCNC(=O)Cc1csc(-n2nc(C)cc2C)n1. The van der Waals surface area contributed by atoms with E-state index in [9.17, 15) is 4.79 Å². The molecule has 0 fully saturated rings. The summed E-state index contributed by atoms with van der Waals surface area (Å²) in [6, 6.07) is 2.01. The molecule has 1 N–H and O–H groups in total. The number of rotatable bonds is 5. The molecule has 0 unspecified atom stereocenters. The second-order valence-corrected chi connectivity index (χ2v) is 5.32. The van der Waals surface area contributed by atoms with Crippen LogP contribution in [-0.2, 0) is 11.2 Å². The first-order valence-corrected chi connectivity index (χ1v) is 7.23. The zero-order chi connectivity index (χ0) is 13.8. The molecule has 5 nitrogen and oxygen atoms in total. The minimum absolute atomic E-state index is 0.0204. The molecular formula is C13H18N4OS. The van der Waals surface area contributed by atoms with Gasteiger partial charge in [-0.1, -0.05) is 6.92 Å². The third kappa shape index (κ3) is 3.41. The van der Waals surface area contributed by atoms with E-state index in [0.717, 1.165) is 28.6 Å². The van der Waals surface area contributed by atoms with Crippen molar-refractivity contribution < 1.29 is 4.79 Å². The summed E-state index contributed by atoms with van der Waals surface area (Å²) in [5, 5.41) is 9.96. The number of aromatic nitrogens is 3. The molecule has 2 heterocycles. The van der Waals surface area contributed by atoms with Crippen LogP contribution in [0.3, 0.4) is 0 Å². The van der Waals surface area contributed by atoms with Crippen LogP contribution in [-0.4, -0.2) is 27.2 Å².